The summed E-state index contributed by atoms with van der Waals surface area (Å²) in [7, 11) is 0. The van der Waals surface area contributed by atoms with Crippen LogP contribution in [0.2, 0.25) is 0 Å². The fraction of sp³-hybridized carbons (Fsp3) is 0.176. The quantitative estimate of drug-likeness (QED) is 0.674. The topological polar surface area (TPSA) is 63.6 Å². The second-order valence-electron chi connectivity index (χ2n) is 4.86. The number of carboxylic acids is 1. The van der Waals surface area contributed by atoms with Gasteiger partial charge in [0.1, 0.15) is 5.75 Å². The Labute approximate surface area is 122 Å². The fourth-order valence-electron chi connectivity index (χ4n) is 2.08. The van der Waals surface area contributed by atoms with Gasteiger partial charge in [0.2, 0.25) is 0 Å². The predicted octanol–water partition coefficient (Wildman–Crippen LogP) is 3.45. The molecule has 0 saturated carbocycles. The summed E-state index contributed by atoms with van der Waals surface area (Å²) in [6.07, 6.45) is 1.93. The molecule has 0 atom stereocenters. The largest absolute Gasteiger partial charge is 0.490 e. The maximum atomic E-state index is 12.1. The third-order valence-electron chi connectivity index (χ3n) is 2.89. The highest BCUT2D eigenvalue weighted by molar-refractivity contribution is 6.15. The molecule has 0 amide bonds. The van der Waals surface area contributed by atoms with Crippen molar-refractivity contribution in [2.75, 3.05) is 0 Å². The fourth-order valence-corrected chi connectivity index (χ4v) is 2.08. The van der Waals surface area contributed by atoms with E-state index in [9.17, 15) is 9.59 Å². The van der Waals surface area contributed by atoms with Gasteiger partial charge in [-0.25, -0.2) is 4.79 Å². The van der Waals surface area contributed by atoms with E-state index >= 15 is 0 Å². The molecule has 2 aromatic carbocycles. The second kappa shape index (κ2) is 6.22. The van der Waals surface area contributed by atoms with E-state index in [2.05, 4.69) is 0 Å². The van der Waals surface area contributed by atoms with Crippen LogP contribution in [0.1, 0.15) is 24.2 Å². The van der Waals surface area contributed by atoms with Crippen LogP contribution in [0.3, 0.4) is 0 Å². The molecular formula is C17H16O4. The Morgan fingerprint density at radius 3 is 2.33 bits per heavy atom. The number of aliphatic carboxylic acids is 1. The Bertz CT molecular complexity index is 714. The lowest BCUT2D eigenvalue weighted by Crippen LogP contribution is -2.06. The van der Waals surface area contributed by atoms with E-state index in [0.717, 1.165) is 22.9 Å². The Morgan fingerprint density at radius 2 is 1.71 bits per heavy atom. The van der Waals surface area contributed by atoms with Gasteiger partial charge in [-0.3, -0.25) is 4.79 Å². The van der Waals surface area contributed by atoms with E-state index in [4.69, 9.17) is 9.84 Å². The van der Waals surface area contributed by atoms with Crippen molar-refractivity contribution in [3.63, 3.8) is 0 Å². The monoisotopic (exact) mass is 284 g/mol. The van der Waals surface area contributed by atoms with E-state index < -0.39 is 5.97 Å². The number of ether oxygens (including phenoxy) is 1. The molecule has 0 saturated heterocycles. The number of hydrogen-bond donors (Lipinski definition) is 1. The van der Waals surface area contributed by atoms with Crippen molar-refractivity contribution in [1.82, 2.24) is 0 Å². The molecule has 4 heteroatoms. The highest BCUT2D eigenvalue weighted by atomic mass is 16.5. The van der Waals surface area contributed by atoms with Crippen LogP contribution in [0, 0.1) is 0 Å². The van der Waals surface area contributed by atoms with Gasteiger partial charge in [0.25, 0.3) is 0 Å². The number of rotatable bonds is 5. The van der Waals surface area contributed by atoms with Crippen LogP contribution < -0.4 is 4.74 Å². The van der Waals surface area contributed by atoms with Crippen molar-refractivity contribution in [1.29, 1.82) is 0 Å². The van der Waals surface area contributed by atoms with Crippen LogP contribution in [-0.2, 0) is 4.79 Å². The maximum absolute atomic E-state index is 12.1. The zero-order valence-corrected chi connectivity index (χ0v) is 11.9. The van der Waals surface area contributed by atoms with Crippen molar-refractivity contribution in [2.45, 2.75) is 20.0 Å². The van der Waals surface area contributed by atoms with Crippen LogP contribution in [0.15, 0.2) is 48.6 Å². The summed E-state index contributed by atoms with van der Waals surface area (Å²) in [5.41, 5.74) is 0.458. The number of hydrogen-bond acceptors (Lipinski definition) is 3. The smallest absolute Gasteiger partial charge is 0.328 e. The number of carbonyl (C=O) groups excluding carboxylic acids is 1. The minimum absolute atomic E-state index is 0.0295. The lowest BCUT2D eigenvalue weighted by molar-refractivity contribution is -0.131. The molecule has 108 valence electrons. The van der Waals surface area contributed by atoms with Crippen molar-refractivity contribution < 1.29 is 19.4 Å². The number of benzene rings is 2. The van der Waals surface area contributed by atoms with Crippen LogP contribution in [0.4, 0.5) is 0 Å². The molecule has 1 N–H and O–H groups in total. The van der Waals surface area contributed by atoms with Gasteiger partial charge in [-0.15, -0.1) is 0 Å². The summed E-state index contributed by atoms with van der Waals surface area (Å²) in [5.74, 6) is -0.781. The summed E-state index contributed by atoms with van der Waals surface area (Å²) in [4.78, 5) is 22.6. The molecule has 0 spiro atoms. The molecule has 21 heavy (non-hydrogen) atoms. The van der Waals surface area contributed by atoms with Crippen molar-refractivity contribution in [3.05, 3.63) is 54.1 Å². The Hall–Kier alpha value is -2.62. The Morgan fingerprint density at radius 1 is 1.05 bits per heavy atom. The van der Waals surface area contributed by atoms with Gasteiger partial charge in [0.15, 0.2) is 5.78 Å². The third-order valence-corrected chi connectivity index (χ3v) is 2.89. The molecule has 4 nitrogen and oxygen atoms in total. The first-order chi connectivity index (χ1) is 9.99. The SMILES string of the molecule is CC(C)Oc1ccc(C(=O)/C=C/C(=O)O)c2ccccc12. The number of ketones is 1. The molecule has 0 bridgehead atoms. The third kappa shape index (κ3) is 3.48. The molecule has 0 unspecified atom stereocenters. The van der Waals surface area contributed by atoms with Crippen LogP contribution in [-0.4, -0.2) is 23.0 Å². The molecule has 0 heterocycles. The van der Waals surface area contributed by atoms with Gasteiger partial charge in [-0.2, -0.15) is 0 Å². The van der Waals surface area contributed by atoms with Crippen LogP contribution in [0.5, 0.6) is 5.75 Å². The molecular weight excluding hydrogens is 268 g/mol. The Balaban J connectivity index is 2.52. The summed E-state index contributed by atoms with van der Waals surface area (Å²) < 4.78 is 5.74. The summed E-state index contributed by atoms with van der Waals surface area (Å²) in [6, 6.07) is 10.8. The number of allylic oxidation sites excluding steroid dienone is 1. The highest BCUT2D eigenvalue weighted by Gasteiger charge is 2.12. The van der Waals surface area contributed by atoms with Gasteiger partial charge >= 0.3 is 5.97 Å². The highest BCUT2D eigenvalue weighted by Crippen LogP contribution is 2.29. The number of fused-ring (bicyclic) bond motifs is 1. The molecule has 0 aliphatic carbocycles. The first-order valence-corrected chi connectivity index (χ1v) is 6.63. The molecule has 0 aliphatic heterocycles. The lowest BCUT2D eigenvalue weighted by atomic mass is 10.0. The van der Waals surface area contributed by atoms with Crippen molar-refractivity contribution in [3.8, 4) is 5.75 Å². The lowest BCUT2D eigenvalue weighted by Gasteiger charge is -2.13. The predicted molar refractivity (Wildman–Crippen MR) is 80.8 cm³/mol. The van der Waals surface area contributed by atoms with Crippen molar-refractivity contribution >= 4 is 22.5 Å². The van der Waals surface area contributed by atoms with Crippen LogP contribution in [0.25, 0.3) is 10.8 Å². The first-order valence-electron chi connectivity index (χ1n) is 6.63. The molecule has 0 radical (unpaired) electrons. The first kappa shape index (κ1) is 14.8. The van der Waals surface area contributed by atoms with Crippen LogP contribution >= 0.6 is 0 Å². The average Bonchev–Trinajstić information content (AvgIpc) is 2.44. The van der Waals surface area contributed by atoms with Gasteiger partial charge in [0.05, 0.1) is 6.10 Å². The molecule has 2 rings (SSSR count). The van der Waals surface area contributed by atoms with E-state index in [1.807, 2.05) is 38.1 Å². The normalized spacial score (nSPS) is 11.2. The summed E-state index contributed by atoms with van der Waals surface area (Å²) in [6.45, 7) is 3.87. The molecule has 0 aliphatic rings. The zero-order chi connectivity index (χ0) is 15.4. The van der Waals surface area contributed by atoms with E-state index in [0.29, 0.717) is 11.3 Å². The van der Waals surface area contributed by atoms with E-state index in [1.165, 1.54) is 0 Å². The van der Waals surface area contributed by atoms with E-state index in [-0.39, 0.29) is 11.9 Å². The van der Waals surface area contributed by atoms with Crippen molar-refractivity contribution in [2.24, 2.45) is 0 Å². The minimum atomic E-state index is -1.15. The number of carbonyl (C=O) groups is 2. The maximum Gasteiger partial charge on any atom is 0.328 e. The molecule has 0 aromatic heterocycles. The van der Waals surface area contributed by atoms with Gasteiger partial charge < -0.3 is 9.84 Å². The number of carboxylic acid groups (broad SMARTS) is 1. The second-order valence-corrected chi connectivity index (χ2v) is 4.86. The van der Waals surface area contributed by atoms with Gasteiger partial charge in [0, 0.05) is 17.0 Å². The molecule has 0 fully saturated rings. The minimum Gasteiger partial charge on any atom is -0.490 e. The summed E-state index contributed by atoms with van der Waals surface area (Å²) >= 11 is 0. The summed E-state index contributed by atoms with van der Waals surface area (Å²) in [5, 5.41) is 10.2. The Kier molecular flexibility index (Phi) is 4.38. The van der Waals surface area contributed by atoms with Gasteiger partial charge in [-0.05, 0) is 37.4 Å². The standard InChI is InChI=1S/C17H16O4/c1-11(2)21-16-9-7-13(15(18)8-10-17(19)20)12-5-3-4-6-14(12)16/h3-11H,1-2H3,(H,19,20)/b10-8+. The van der Waals surface area contributed by atoms with Gasteiger partial charge in [-0.1, -0.05) is 24.3 Å². The zero-order valence-electron chi connectivity index (χ0n) is 11.9. The average molecular weight is 284 g/mol. The molecule has 2 aromatic rings. The van der Waals surface area contributed by atoms with E-state index in [1.54, 1.807) is 12.1 Å².